The molecule has 0 radical (unpaired) electrons. The van der Waals surface area contributed by atoms with Crippen LogP contribution in [0.2, 0.25) is 0 Å². The van der Waals surface area contributed by atoms with Crippen LogP contribution in [0.25, 0.3) is 5.57 Å². The van der Waals surface area contributed by atoms with Gasteiger partial charge in [0.15, 0.2) is 0 Å². The van der Waals surface area contributed by atoms with Gasteiger partial charge >= 0.3 is 0 Å². The largest absolute Gasteiger partial charge is 0.508 e. The number of aromatic hydroxyl groups is 1. The molecule has 2 aromatic carbocycles. The summed E-state index contributed by atoms with van der Waals surface area (Å²) in [6.07, 6.45) is 3.42. The minimum atomic E-state index is -0.399. The number of hydrogen-bond donors (Lipinski definition) is 2. The van der Waals surface area contributed by atoms with E-state index in [2.05, 4.69) is 49.9 Å². The fraction of sp³-hybridized carbons (Fsp3) is 0.360. The van der Waals surface area contributed by atoms with Gasteiger partial charge in [-0.1, -0.05) is 55.5 Å². The molecule has 1 fully saturated rings. The van der Waals surface area contributed by atoms with E-state index in [-0.39, 0.29) is 17.3 Å². The number of hydrogen-bond acceptors (Lipinski definition) is 2. The maximum absolute atomic E-state index is 10.6. The molecule has 0 heterocycles. The average molecular weight is 358 g/mol. The number of aliphatic hydroxyl groups is 1. The van der Waals surface area contributed by atoms with E-state index >= 15 is 0 Å². The average Bonchev–Trinajstić information content (AvgIpc) is 2.90. The normalized spacial score (nSPS) is 32.1. The summed E-state index contributed by atoms with van der Waals surface area (Å²) in [6, 6.07) is 16.5. The maximum Gasteiger partial charge on any atom is 0.115 e. The minimum Gasteiger partial charge on any atom is -0.508 e. The van der Waals surface area contributed by atoms with Crippen LogP contribution in [-0.4, -0.2) is 16.3 Å². The fourth-order valence-corrected chi connectivity index (χ4v) is 5.94. The predicted octanol–water partition coefficient (Wildman–Crippen LogP) is 5.22. The smallest absolute Gasteiger partial charge is 0.115 e. The van der Waals surface area contributed by atoms with E-state index in [4.69, 9.17) is 0 Å². The van der Waals surface area contributed by atoms with Crippen LogP contribution < -0.4 is 0 Å². The van der Waals surface area contributed by atoms with Crippen LogP contribution >= 0.6 is 0 Å². The van der Waals surface area contributed by atoms with Crippen molar-refractivity contribution in [3.8, 4) is 5.75 Å². The van der Waals surface area contributed by atoms with Gasteiger partial charge in [-0.25, -0.2) is 0 Å². The van der Waals surface area contributed by atoms with Crippen LogP contribution in [0.1, 0.15) is 48.8 Å². The summed E-state index contributed by atoms with van der Waals surface area (Å²) in [5.41, 5.74) is 7.81. The molecule has 1 unspecified atom stereocenters. The number of rotatable bonds is 1. The van der Waals surface area contributed by atoms with Crippen molar-refractivity contribution in [2.24, 2.45) is 11.3 Å². The van der Waals surface area contributed by atoms with Crippen molar-refractivity contribution >= 4 is 5.57 Å². The molecule has 1 saturated carbocycles. The topological polar surface area (TPSA) is 40.5 Å². The Kier molecular flexibility index (Phi) is 3.64. The molecule has 0 aromatic heterocycles. The summed E-state index contributed by atoms with van der Waals surface area (Å²) < 4.78 is 0. The van der Waals surface area contributed by atoms with Crippen molar-refractivity contribution in [1.29, 1.82) is 0 Å². The van der Waals surface area contributed by atoms with Crippen molar-refractivity contribution in [3.05, 3.63) is 82.9 Å². The van der Waals surface area contributed by atoms with Crippen molar-refractivity contribution in [2.75, 3.05) is 0 Å². The maximum atomic E-state index is 10.6. The molecule has 2 heteroatoms. The van der Waals surface area contributed by atoms with E-state index in [0.717, 1.165) is 31.3 Å². The third kappa shape index (κ3) is 2.43. The summed E-state index contributed by atoms with van der Waals surface area (Å²) in [5, 5.41) is 20.7. The first-order valence-corrected chi connectivity index (χ1v) is 9.95. The second-order valence-corrected chi connectivity index (χ2v) is 8.82. The molecule has 0 aliphatic heterocycles. The van der Waals surface area contributed by atoms with Crippen LogP contribution in [0.15, 0.2) is 66.3 Å². The predicted molar refractivity (Wildman–Crippen MR) is 109 cm³/mol. The molecule has 0 saturated heterocycles. The van der Waals surface area contributed by atoms with E-state index in [1.807, 2.05) is 6.07 Å². The SMILES string of the molecule is C=C1C2C3=C(CC[C@]2(C)C[C@H]1O)c1ccc(O)cc1C[C@H]3c1ccccc1. The number of aliphatic hydroxyl groups excluding tert-OH is 1. The number of fused-ring (bicyclic) bond motifs is 4. The van der Waals surface area contributed by atoms with Crippen LogP contribution in [0.4, 0.5) is 0 Å². The highest BCUT2D eigenvalue weighted by atomic mass is 16.3. The number of phenols is 1. The standard InChI is InChI=1S/C25H26O2/c1-15-22(27)14-25(2)11-10-20-19-9-8-18(26)12-17(19)13-21(23(20)24(15)25)16-6-4-3-5-7-16/h3-9,12,21-22,24,26-27H,1,10-11,13-14H2,2H3/t21-,22+,24?,25+/m0/s1. The van der Waals surface area contributed by atoms with E-state index in [1.165, 1.54) is 27.8 Å². The van der Waals surface area contributed by atoms with Crippen LogP contribution in [0.3, 0.4) is 0 Å². The number of phenolic OH excluding ortho intramolecular Hbond substituents is 1. The summed E-state index contributed by atoms with van der Waals surface area (Å²) >= 11 is 0. The Morgan fingerprint density at radius 3 is 2.67 bits per heavy atom. The Labute approximate surface area is 160 Å². The van der Waals surface area contributed by atoms with Crippen molar-refractivity contribution < 1.29 is 10.2 Å². The Morgan fingerprint density at radius 2 is 1.89 bits per heavy atom. The van der Waals surface area contributed by atoms with Crippen molar-refractivity contribution in [2.45, 2.75) is 44.6 Å². The van der Waals surface area contributed by atoms with Gasteiger partial charge in [0.2, 0.25) is 0 Å². The van der Waals surface area contributed by atoms with Crippen molar-refractivity contribution in [3.63, 3.8) is 0 Å². The zero-order valence-corrected chi connectivity index (χ0v) is 15.8. The van der Waals surface area contributed by atoms with Crippen LogP contribution in [-0.2, 0) is 6.42 Å². The fourth-order valence-electron chi connectivity index (χ4n) is 5.94. The molecule has 0 amide bonds. The highest BCUT2D eigenvalue weighted by Crippen LogP contribution is 2.62. The number of benzene rings is 2. The highest BCUT2D eigenvalue weighted by Gasteiger charge is 2.52. The second-order valence-electron chi connectivity index (χ2n) is 8.82. The quantitative estimate of drug-likeness (QED) is 0.686. The van der Waals surface area contributed by atoms with Gasteiger partial charge in [-0.2, -0.15) is 0 Å². The van der Waals surface area contributed by atoms with E-state index < -0.39 is 6.10 Å². The molecule has 2 N–H and O–H groups in total. The molecule has 5 rings (SSSR count). The molecule has 2 aromatic rings. The lowest BCUT2D eigenvalue weighted by molar-refractivity contribution is 0.167. The lowest BCUT2D eigenvalue weighted by Gasteiger charge is -2.45. The molecule has 4 atom stereocenters. The molecule has 138 valence electrons. The molecule has 3 aliphatic carbocycles. The first kappa shape index (κ1) is 16.8. The van der Waals surface area contributed by atoms with Crippen LogP contribution in [0.5, 0.6) is 5.75 Å². The van der Waals surface area contributed by atoms with Crippen molar-refractivity contribution in [1.82, 2.24) is 0 Å². The van der Waals surface area contributed by atoms with E-state index in [0.29, 0.717) is 5.75 Å². The van der Waals surface area contributed by atoms with Gasteiger partial charge in [0.1, 0.15) is 5.75 Å². The van der Waals surface area contributed by atoms with Gasteiger partial charge in [0, 0.05) is 11.8 Å². The Bertz CT molecular complexity index is 956. The zero-order valence-electron chi connectivity index (χ0n) is 15.8. The highest BCUT2D eigenvalue weighted by molar-refractivity contribution is 5.78. The van der Waals surface area contributed by atoms with Gasteiger partial charge in [-0.3, -0.25) is 0 Å². The Hall–Kier alpha value is -2.32. The third-order valence-corrected chi connectivity index (χ3v) is 7.18. The summed E-state index contributed by atoms with van der Waals surface area (Å²) in [4.78, 5) is 0. The van der Waals surface area contributed by atoms with Gasteiger partial charge in [0.25, 0.3) is 0 Å². The Balaban J connectivity index is 1.75. The third-order valence-electron chi connectivity index (χ3n) is 7.18. The molecule has 2 nitrogen and oxygen atoms in total. The van der Waals surface area contributed by atoms with Gasteiger partial charge in [-0.05, 0) is 71.1 Å². The van der Waals surface area contributed by atoms with E-state index in [9.17, 15) is 10.2 Å². The first-order valence-electron chi connectivity index (χ1n) is 9.95. The minimum absolute atomic E-state index is 0.0940. The van der Waals surface area contributed by atoms with Gasteiger partial charge < -0.3 is 10.2 Å². The molecular formula is C25H26O2. The summed E-state index contributed by atoms with van der Waals surface area (Å²) in [7, 11) is 0. The molecular weight excluding hydrogens is 332 g/mol. The van der Waals surface area contributed by atoms with E-state index in [1.54, 1.807) is 6.07 Å². The molecule has 27 heavy (non-hydrogen) atoms. The number of allylic oxidation sites excluding steroid dienone is 2. The van der Waals surface area contributed by atoms with Crippen LogP contribution in [0, 0.1) is 11.3 Å². The van der Waals surface area contributed by atoms with Gasteiger partial charge in [0.05, 0.1) is 6.10 Å². The monoisotopic (exact) mass is 358 g/mol. The summed E-state index contributed by atoms with van der Waals surface area (Å²) in [5.74, 6) is 0.858. The molecule has 0 bridgehead atoms. The summed E-state index contributed by atoms with van der Waals surface area (Å²) in [6.45, 7) is 6.66. The molecule has 0 spiro atoms. The van der Waals surface area contributed by atoms with Gasteiger partial charge in [-0.15, -0.1) is 0 Å². The first-order chi connectivity index (χ1) is 13.0. The lowest BCUT2D eigenvalue weighted by Crippen LogP contribution is -2.33. The lowest BCUT2D eigenvalue weighted by atomic mass is 9.59. The second kappa shape index (κ2) is 5.84. The zero-order chi connectivity index (χ0) is 18.8. The molecule has 3 aliphatic rings. The Morgan fingerprint density at radius 1 is 1.11 bits per heavy atom.